The predicted octanol–water partition coefficient (Wildman–Crippen LogP) is 2.71. The van der Waals surface area contributed by atoms with E-state index in [1.165, 1.54) is 17.1 Å². The summed E-state index contributed by atoms with van der Waals surface area (Å²) in [7, 11) is 0. The fourth-order valence-corrected chi connectivity index (χ4v) is 3.51. The highest BCUT2D eigenvalue weighted by molar-refractivity contribution is 5.91. The smallest absolute Gasteiger partial charge is 0.253 e. The van der Waals surface area contributed by atoms with Gasteiger partial charge in [-0.2, -0.15) is 0 Å². The molecular weight excluding hydrogens is 300 g/mol. The van der Waals surface area contributed by atoms with E-state index < -0.39 is 0 Å². The third-order valence-electron chi connectivity index (χ3n) is 4.83. The minimum Gasteiger partial charge on any atom is -0.371 e. The average Bonchev–Trinajstić information content (AvgIpc) is 2.64. The van der Waals surface area contributed by atoms with Crippen LogP contribution in [0.5, 0.6) is 0 Å². The molecule has 0 saturated carbocycles. The van der Waals surface area contributed by atoms with E-state index in [0.717, 1.165) is 38.0 Å². The molecular formula is C19H20N4O. The van der Waals surface area contributed by atoms with Crippen LogP contribution in [-0.4, -0.2) is 27.6 Å². The van der Waals surface area contributed by atoms with Crippen molar-refractivity contribution in [1.29, 1.82) is 0 Å². The molecule has 1 aromatic carbocycles. The Balaban J connectivity index is 1.48. The van der Waals surface area contributed by atoms with Crippen molar-refractivity contribution >= 4 is 16.6 Å². The van der Waals surface area contributed by atoms with Gasteiger partial charge in [0.2, 0.25) is 0 Å². The maximum absolute atomic E-state index is 11.8. The number of pyridine rings is 1. The third-order valence-corrected chi connectivity index (χ3v) is 4.83. The van der Waals surface area contributed by atoms with E-state index in [2.05, 4.69) is 39.1 Å². The summed E-state index contributed by atoms with van der Waals surface area (Å²) in [4.78, 5) is 22.8. The highest BCUT2D eigenvalue weighted by atomic mass is 16.1. The van der Waals surface area contributed by atoms with Crippen molar-refractivity contribution in [3.05, 3.63) is 65.5 Å². The maximum atomic E-state index is 11.8. The first-order valence-electron chi connectivity index (χ1n) is 8.40. The number of rotatable bonds is 3. The number of benzene rings is 1. The van der Waals surface area contributed by atoms with Gasteiger partial charge in [0.25, 0.3) is 5.56 Å². The normalized spacial score (nSPS) is 15.8. The van der Waals surface area contributed by atoms with Gasteiger partial charge in [0.15, 0.2) is 0 Å². The van der Waals surface area contributed by atoms with Crippen molar-refractivity contribution in [1.82, 2.24) is 14.5 Å². The fraction of sp³-hybridized carbons (Fsp3) is 0.316. The summed E-state index contributed by atoms with van der Waals surface area (Å²) in [5.41, 5.74) is 2.34. The molecule has 0 unspecified atom stereocenters. The molecule has 122 valence electrons. The molecule has 5 nitrogen and oxygen atoms in total. The number of aromatic nitrogens is 3. The molecule has 2 aromatic heterocycles. The minimum atomic E-state index is 0.0348. The summed E-state index contributed by atoms with van der Waals surface area (Å²) in [5.74, 6) is 0.524. The first-order valence-corrected chi connectivity index (χ1v) is 8.40. The SMILES string of the molecule is O=c1ccncn1CC1CCN(c2ccnc3ccccc23)CC1. The van der Waals surface area contributed by atoms with E-state index in [1.807, 2.05) is 12.3 Å². The van der Waals surface area contributed by atoms with Gasteiger partial charge >= 0.3 is 0 Å². The van der Waals surface area contributed by atoms with Gasteiger partial charge in [0.05, 0.1) is 11.8 Å². The Bertz CT molecular complexity index is 892. The van der Waals surface area contributed by atoms with Crippen molar-refractivity contribution in [2.24, 2.45) is 5.92 Å². The number of fused-ring (bicyclic) bond motifs is 1. The van der Waals surface area contributed by atoms with Crippen molar-refractivity contribution < 1.29 is 0 Å². The number of anilines is 1. The van der Waals surface area contributed by atoms with Crippen molar-refractivity contribution in [2.75, 3.05) is 18.0 Å². The van der Waals surface area contributed by atoms with Gasteiger partial charge in [0, 0.05) is 49.2 Å². The number of nitrogens with zero attached hydrogens (tertiary/aromatic N) is 4. The lowest BCUT2D eigenvalue weighted by Crippen LogP contribution is -2.36. The Morgan fingerprint density at radius 2 is 1.88 bits per heavy atom. The largest absolute Gasteiger partial charge is 0.371 e. The number of para-hydroxylation sites is 1. The second-order valence-electron chi connectivity index (χ2n) is 6.35. The first-order chi connectivity index (χ1) is 11.8. The van der Waals surface area contributed by atoms with Crippen LogP contribution in [0.25, 0.3) is 10.9 Å². The summed E-state index contributed by atoms with van der Waals surface area (Å²) in [6.45, 7) is 2.78. The molecule has 0 spiro atoms. The zero-order valence-electron chi connectivity index (χ0n) is 13.5. The van der Waals surface area contributed by atoms with Gasteiger partial charge in [0.1, 0.15) is 0 Å². The average molecular weight is 320 g/mol. The van der Waals surface area contributed by atoms with E-state index in [4.69, 9.17) is 0 Å². The monoisotopic (exact) mass is 320 g/mol. The molecule has 24 heavy (non-hydrogen) atoms. The van der Waals surface area contributed by atoms with Crippen molar-refractivity contribution in [3.63, 3.8) is 0 Å². The minimum absolute atomic E-state index is 0.0348. The van der Waals surface area contributed by atoms with E-state index in [9.17, 15) is 4.79 Å². The zero-order chi connectivity index (χ0) is 16.4. The molecule has 3 aromatic rings. The molecule has 3 heterocycles. The van der Waals surface area contributed by atoms with Gasteiger partial charge in [-0.25, -0.2) is 4.98 Å². The molecule has 0 radical (unpaired) electrons. The second-order valence-corrected chi connectivity index (χ2v) is 6.35. The van der Waals surface area contributed by atoms with E-state index in [-0.39, 0.29) is 5.56 Å². The van der Waals surface area contributed by atoms with Crippen molar-refractivity contribution in [3.8, 4) is 0 Å². The topological polar surface area (TPSA) is 51.0 Å². The van der Waals surface area contributed by atoms with Crippen LogP contribution in [0, 0.1) is 5.92 Å². The Labute approximate surface area is 140 Å². The van der Waals surface area contributed by atoms with Crippen LogP contribution in [-0.2, 0) is 6.54 Å². The molecule has 1 fully saturated rings. The standard InChI is InChI=1S/C19H20N4O/c24-19-6-9-20-14-23(19)13-15-7-11-22(12-8-15)18-5-10-21-17-4-2-1-3-16(17)18/h1-6,9-10,14-15H,7-8,11-13H2. The summed E-state index contributed by atoms with van der Waals surface area (Å²) >= 11 is 0. The van der Waals surface area contributed by atoms with Gasteiger partial charge < -0.3 is 4.90 Å². The number of hydrogen-bond donors (Lipinski definition) is 0. The third kappa shape index (κ3) is 2.89. The molecule has 1 saturated heterocycles. The molecule has 1 aliphatic heterocycles. The molecule has 0 bridgehead atoms. The van der Waals surface area contributed by atoms with E-state index in [1.54, 1.807) is 17.1 Å². The van der Waals surface area contributed by atoms with Gasteiger partial charge in [-0.05, 0) is 30.9 Å². The van der Waals surface area contributed by atoms with E-state index in [0.29, 0.717) is 5.92 Å². The summed E-state index contributed by atoms with van der Waals surface area (Å²) < 4.78 is 1.72. The highest BCUT2D eigenvalue weighted by Gasteiger charge is 2.21. The van der Waals surface area contributed by atoms with Crippen LogP contribution >= 0.6 is 0 Å². The highest BCUT2D eigenvalue weighted by Crippen LogP contribution is 2.29. The lowest BCUT2D eigenvalue weighted by molar-refractivity contribution is 0.351. The van der Waals surface area contributed by atoms with Gasteiger partial charge in [-0.3, -0.25) is 14.3 Å². The van der Waals surface area contributed by atoms with Crippen molar-refractivity contribution in [2.45, 2.75) is 19.4 Å². The summed E-state index contributed by atoms with van der Waals surface area (Å²) in [6, 6.07) is 11.9. The van der Waals surface area contributed by atoms with Crippen LogP contribution in [0.15, 0.2) is 59.9 Å². The van der Waals surface area contributed by atoms with Crippen LogP contribution in [0.1, 0.15) is 12.8 Å². The second kappa shape index (κ2) is 6.43. The Morgan fingerprint density at radius 3 is 2.71 bits per heavy atom. The van der Waals surface area contributed by atoms with Gasteiger partial charge in [-0.15, -0.1) is 0 Å². The Hall–Kier alpha value is -2.69. The summed E-state index contributed by atoms with van der Waals surface area (Å²) in [6.07, 6.45) is 7.25. The van der Waals surface area contributed by atoms with E-state index >= 15 is 0 Å². The van der Waals surface area contributed by atoms with Gasteiger partial charge in [-0.1, -0.05) is 18.2 Å². The van der Waals surface area contributed by atoms with Crippen LogP contribution < -0.4 is 10.5 Å². The summed E-state index contributed by atoms with van der Waals surface area (Å²) in [5, 5.41) is 1.21. The Kier molecular flexibility index (Phi) is 3.99. The first kappa shape index (κ1) is 14.9. The number of hydrogen-bond acceptors (Lipinski definition) is 4. The molecule has 0 N–H and O–H groups in total. The maximum Gasteiger partial charge on any atom is 0.253 e. The molecule has 0 amide bonds. The number of piperidine rings is 1. The molecule has 0 atom stereocenters. The van der Waals surface area contributed by atoms with Crippen LogP contribution in [0.3, 0.4) is 0 Å². The predicted molar refractivity (Wildman–Crippen MR) is 95.2 cm³/mol. The lowest BCUT2D eigenvalue weighted by Gasteiger charge is -2.34. The molecule has 1 aliphatic rings. The molecule has 4 rings (SSSR count). The molecule has 0 aliphatic carbocycles. The Morgan fingerprint density at radius 1 is 1.04 bits per heavy atom. The molecule has 5 heteroatoms. The van der Waals surface area contributed by atoms with Crippen LogP contribution in [0.2, 0.25) is 0 Å². The zero-order valence-corrected chi connectivity index (χ0v) is 13.5. The fourth-order valence-electron chi connectivity index (χ4n) is 3.51. The van der Waals surface area contributed by atoms with Crippen LogP contribution in [0.4, 0.5) is 5.69 Å². The quantitative estimate of drug-likeness (QED) is 0.744. The lowest BCUT2D eigenvalue weighted by atomic mass is 9.96.